The zero-order chi connectivity index (χ0) is 21.7. The molecule has 1 aromatic heterocycles. The Morgan fingerprint density at radius 3 is 2.37 bits per heavy atom. The molecule has 0 saturated heterocycles. The summed E-state index contributed by atoms with van der Waals surface area (Å²) in [5, 5.41) is 2.66. The van der Waals surface area contributed by atoms with Gasteiger partial charge in [0, 0.05) is 24.4 Å². The number of rotatable bonds is 6. The predicted molar refractivity (Wildman–Crippen MR) is 99.9 cm³/mol. The third-order valence-electron chi connectivity index (χ3n) is 4.07. The van der Waals surface area contributed by atoms with Crippen molar-refractivity contribution in [1.82, 2.24) is 10.3 Å². The first-order chi connectivity index (χ1) is 14.3. The van der Waals surface area contributed by atoms with Crippen LogP contribution in [0.1, 0.15) is 21.5 Å². The van der Waals surface area contributed by atoms with E-state index in [1.54, 1.807) is 6.07 Å². The second kappa shape index (κ2) is 8.81. The Morgan fingerprint density at radius 2 is 1.80 bits per heavy atom. The number of aromatic nitrogens is 1. The first kappa shape index (κ1) is 21.1. The minimum absolute atomic E-state index is 0.0123. The minimum atomic E-state index is -4.47. The van der Waals surface area contributed by atoms with Crippen LogP contribution in [0.4, 0.5) is 17.6 Å². The van der Waals surface area contributed by atoms with Crippen LogP contribution < -0.4 is 14.8 Å². The van der Waals surface area contributed by atoms with Crippen molar-refractivity contribution in [3.05, 3.63) is 83.3 Å². The van der Waals surface area contributed by atoms with Gasteiger partial charge in [0.2, 0.25) is 5.88 Å². The monoisotopic (exact) mass is 420 g/mol. The van der Waals surface area contributed by atoms with Crippen molar-refractivity contribution >= 4 is 5.91 Å². The first-order valence-electron chi connectivity index (χ1n) is 8.68. The third-order valence-corrected chi connectivity index (χ3v) is 4.07. The van der Waals surface area contributed by atoms with Crippen LogP contribution in [0, 0.1) is 5.82 Å². The summed E-state index contributed by atoms with van der Waals surface area (Å²) < 4.78 is 61.6. The number of amides is 1. The van der Waals surface area contributed by atoms with Gasteiger partial charge in [0.05, 0.1) is 12.7 Å². The molecule has 0 aliphatic heterocycles. The number of methoxy groups -OCH3 is 1. The van der Waals surface area contributed by atoms with Gasteiger partial charge in [-0.3, -0.25) is 4.79 Å². The molecule has 0 unspecified atom stereocenters. The number of alkyl halides is 3. The van der Waals surface area contributed by atoms with E-state index >= 15 is 0 Å². The summed E-state index contributed by atoms with van der Waals surface area (Å²) >= 11 is 0. The van der Waals surface area contributed by atoms with Gasteiger partial charge >= 0.3 is 6.18 Å². The average molecular weight is 420 g/mol. The molecule has 30 heavy (non-hydrogen) atoms. The zero-order valence-electron chi connectivity index (χ0n) is 15.7. The molecule has 1 heterocycles. The van der Waals surface area contributed by atoms with Crippen LogP contribution in [0.15, 0.2) is 60.8 Å². The van der Waals surface area contributed by atoms with Crippen molar-refractivity contribution in [2.45, 2.75) is 12.7 Å². The maximum atomic E-state index is 13.7. The minimum Gasteiger partial charge on any atom is -0.494 e. The number of pyridine rings is 1. The summed E-state index contributed by atoms with van der Waals surface area (Å²) in [7, 11) is 1.36. The third kappa shape index (κ3) is 5.25. The Hall–Kier alpha value is -3.62. The molecule has 0 bridgehead atoms. The van der Waals surface area contributed by atoms with Crippen molar-refractivity contribution in [3.63, 3.8) is 0 Å². The topological polar surface area (TPSA) is 60.5 Å². The molecule has 3 rings (SSSR count). The van der Waals surface area contributed by atoms with Crippen molar-refractivity contribution in [2.75, 3.05) is 7.11 Å². The Labute approximate surface area is 169 Å². The Balaban J connectivity index is 1.58. The number of hydrogen-bond donors (Lipinski definition) is 1. The molecule has 0 atom stereocenters. The molecule has 1 N–H and O–H groups in total. The average Bonchev–Trinajstić information content (AvgIpc) is 2.72. The standard InChI is InChI=1S/C21H16F4N2O3/c1-29-18-8-2-13(10-17(18)22)11-27-20(28)14-3-6-16(7-4-14)30-19-9-5-15(12-26-19)21(23,24)25/h2-10,12H,11H2,1H3,(H,27,28). The van der Waals surface area contributed by atoms with E-state index in [0.717, 1.165) is 12.1 Å². The normalized spacial score (nSPS) is 11.1. The first-order valence-corrected chi connectivity index (χ1v) is 8.68. The quantitative estimate of drug-likeness (QED) is 0.572. The van der Waals surface area contributed by atoms with Crippen molar-refractivity contribution in [3.8, 4) is 17.4 Å². The van der Waals surface area contributed by atoms with Crippen LogP contribution in [-0.2, 0) is 12.7 Å². The molecule has 0 spiro atoms. The van der Waals surface area contributed by atoms with Crippen LogP contribution in [0.5, 0.6) is 17.4 Å². The number of carbonyl (C=O) groups is 1. The van der Waals surface area contributed by atoms with Crippen LogP contribution >= 0.6 is 0 Å². The fourth-order valence-electron chi connectivity index (χ4n) is 2.51. The van der Waals surface area contributed by atoms with E-state index in [4.69, 9.17) is 9.47 Å². The van der Waals surface area contributed by atoms with Crippen LogP contribution in [0.25, 0.3) is 0 Å². The maximum absolute atomic E-state index is 13.7. The Morgan fingerprint density at radius 1 is 1.07 bits per heavy atom. The van der Waals surface area contributed by atoms with Gasteiger partial charge in [0.15, 0.2) is 11.6 Å². The zero-order valence-corrected chi connectivity index (χ0v) is 15.7. The highest BCUT2D eigenvalue weighted by Gasteiger charge is 2.30. The summed E-state index contributed by atoms with van der Waals surface area (Å²) in [6, 6.07) is 12.3. The molecule has 156 valence electrons. The van der Waals surface area contributed by atoms with Gasteiger partial charge < -0.3 is 14.8 Å². The summed E-state index contributed by atoms with van der Waals surface area (Å²) in [6.45, 7) is 0.119. The number of halogens is 4. The van der Waals surface area contributed by atoms with Gasteiger partial charge in [-0.15, -0.1) is 0 Å². The van der Waals surface area contributed by atoms with Gasteiger partial charge in [-0.2, -0.15) is 13.2 Å². The highest BCUT2D eigenvalue weighted by molar-refractivity contribution is 5.94. The molecule has 0 radical (unpaired) electrons. The predicted octanol–water partition coefficient (Wildman–Crippen LogP) is 4.97. The van der Waals surface area contributed by atoms with E-state index in [1.807, 2.05) is 0 Å². The van der Waals surface area contributed by atoms with E-state index < -0.39 is 17.6 Å². The van der Waals surface area contributed by atoms with Crippen LogP contribution in [0.2, 0.25) is 0 Å². The second-order valence-corrected chi connectivity index (χ2v) is 6.16. The lowest BCUT2D eigenvalue weighted by molar-refractivity contribution is -0.137. The molecule has 3 aromatic rings. The number of ether oxygens (including phenoxy) is 2. The number of benzene rings is 2. The lowest BCUT2D eigenvalue weighted by Gasteiger charge is -2.09. The van der Waals surface area contributed by atoms with Gasteiger partial charge in [-0.1, -0.05) is 6.07 Å². The molecular weight excluding hydrogens is 404 g/mol. The lowest BCUT2D eigenvalue weighted by atomic mass is 10.1. The molecule has 0 aliphatic rings. The summed E-state index contributed by atoms with van der Waals surface area (Å²) in [5.74, 6) is -0.506. The molecule has 5 nitrogen and oxygen atoms in total. The van der Waals surface area contributed by atoms with E-state index in [9.17, 15) is 22.4 Å². The van der Waals surface area contributed by atoms with Crippen LogP contribution in [0.3, 0.4) is 0 Å². The fourth-order valence-corrected chi connectivity index (χ4v) is 2.51. The van der Waals surface area contributed by atoms with Crippen molar-refractivity contribution in [1.29, 1.82) is 0 Å². The van der Waals surface area contributed by atoms with E-state index in [-0.39, 0.29) is 24.1 Å². The molecule has 2 aromatic carbocycles. The highest BCUT2D eigenvalue weighted by Crippen LogP contribution is 2.30. The summed E-state index contributed by atoms with van der Waals surface area (Å²) in [6.07, 6.45) is -3.79. The largest absolute Gasteiger partial charge is 0.494 e. The molecule has 0 saturated carbocycles. The smallest absolute Gasteiger partial charge is 0.417 e. The lowest BCUT2D eigenvalue weighted by Crippen LogP contribution is -2.22. The van der Waals surface area contributed by atoms with Crippen molar-refractivity contribution in [2.24, 2.45) is 0 Å². The second-order valence-electron chi connectivity index (χ2n) is 6.16. The summed E-state index contributed by atoms with van der Waals surface area (Å²) in [4.78, 5) is 15.9. The van der Waals surface area contributed by atoms with E-state index in [2.05, 4.69) is 10.3 Å². The molecule has 0 fully saturated rings. The SMILES string of the molecule is COc1ccc(CNC(=O)c2ccc(Oc3ccc(C(F)(F)F)cn3)cc2)cc1F. The Bertz CT molecular complexity index is 1020. The maximum Gasteiger partial charge on any atom is 0.417 e. The molecule has 1 amide bonds. The van der Waals surface area contributed by atoms with E-state index in [0.29, 0.717) is 23.1 Å². The van der Waals surface area contributed by atoms with Crippen molar-refractivity contribution < 1.29 is 31.8 Å². The highest BCUT2D eigenvalue weighted by atomic mass is 19.4. The number of nitrogens with zero attached hydrogens (tertiary/aromatic N) is 1. The van der Waals surface area contributed by atoms with Gasteiger partial charge in [-0.25, -0.2) is 9.37 Å². The number of hydrogen-bond acceptors (Lipinski definition) is 4. The fraction of sp³-hybridized carbons (Fsp3) is 0.143. The summed E-state index contributed by atoms with van der Waals surface area (Å²) in [5.41, 5.74) is 0.0188. The molecule has 9 heteroatoms. The molecular formula is C21H16F4N2O3. The Kier molecular flexibility index (Phi) is 6.20. The van der Waals surface area contributed by atoms with Crippen LogP contribution in [-0.4, -0.2) is 18.0 Å². The van der Waals surface area contributed by atoms with Gasteiger partial charge in [-0.05, 0) is 48.0 Å². The van der Waals surface area contributed by atoms with Gasteiger partial charge in [0.1, 0.15) is 5.75 Å². The number of nitrogens with one attached hydrogen (secondary N) is 1. The van der Waals surface area contributed by atoms with Gasteiger partial charge in [0.25, 0.3) is 5.91 Å². The molecule has 0 aliphatic carbocycles. The number of carbonyl (C=O) groups excluding carboxylic acids is 1. The van der Waals surface area contributed by atoms with E-state index in [1.165, 1.54) is 43.5 Å².